The van der Waals surface area contributed by atoms with E-state index in [1.54, 1.807) is 12.1 Å². The summed E-state index contributed by atoms with van der Waals surface area (Å²) >= 11 is 3.94. The van der Waals surface area contributed by atoms with Crippen LogP contribution in [0.1, 0.15) is 0 Å². The molecule has 1 aromatic heterocycles. The lowest BCUT2D eigenvalue weighted by molar-refractivity contribution is -0.0551. The molecule has 27 heavy (non-hydrogen) atoms. The van der Waals surface area contributed by atoms with Crippen molar-refractivity contribution in [3.8, 4) is 0 Å². The molecule has 3 rings (SSSR count). The van der Waals surface area contributed by atoms with Crippen LogP contribution < -0.4 is 15.4 Å². The average molecular weight is 623 g/mol. The second-order valence-electron chi connectivity index (χ2n) is 5.26. The highest BCUT2D eigenvalue weighted by atomic mass is 127. The molecule has 142 valence electrons. The van der Waals surface area contributed by atoms with Gasteiger partial charge in [-0.3, -0.25) is 13.9 Å². The molecule has 0 amide bonds. The van der Waals surface area contributed by atoms with Crippen LogP contribution in [0.3, 0.4) is 0 Å². The van der Waals surface area contributed by atoms with Gasteiger partial charge in [0.25, 0.3) is 11.1 Å². The summed E-state index contributed by atoms with van der Waals surface area (Å²) in [6, 6.07) is 8.71. The molecule has 0 aliphatic heterocycles. The van der Waals surface area contributed by atoms with Crippen molar-refractivity contribution < 1.29 is 25.9 Å². The molecule has 0 radical (unpaired) electrons. The summed E-state index contributed by atoms with van der Waals surface area (Å²) < 4.78 is 65.7. The Hall–Kier alpha value is -1.42. The van der Waals surface area contributed by atoms with Gasteiger partial charge in [-0.05, 0) is 92.4 Å². The van der Waals surface area contributed by atoms with Crippen molar-refractivity contribution in [3.63, 3.8) is 0 Å². The Morgan fingerprint density at radius 1 is 0.815 bits per heavy atom. The van der Waals surface area contributed by atoms with Gasteiger partial charge < -0.3 is 0 Å². The molecule has 0 aliphatic rings. The average Bonchev–Trinajstić information content (AvgIpc) is 2.64. The number of hydrogen-bond acceptors (Lipinski definition) is 5. The smallest absolute Gasteiger partial charge is 0.274 e. The summed E-state index contributed by atoms with van der Waals surface area (Å²) in [6.07, 6.45) is 0. The van der Waals surface area contributed by atoms with E-state index in [9.17, 15) is 31.2 Å². The third-order valence-electron chi connectivity index (χ3n) is 3.54. The number of alkyl halides is 3. The number of halogens is 5. The summed E-state index contributed by atoms with van der Waals surface area (Å²) in [4.78, 5) is 25.3. The van der Waals surface area contributed by atoms with Crippen molar-refractivity contribution in [1.29, 1.82) is 0 Å². The molecule has 0 aliphatic carbocycles. The standard InChI is InChI=1S/C15H6F3I2NO5S/c16-15(17,18)27(24,25)26-21-13(22)9-3-1-7(19)5-11(9)12-6-8(20)2-4-10(12)14(21)23/h1-6H. The van der Waals surface area contributed by atoms with Gasteiger partial charge in [-0.25, -0.2) is 0 Å². The second kappa shape index (κ2) is 6.88. The Bertz CT molecular complexity index is 1240. The van der Waals surface area contributed by atoms with E-state index >= 15 is 0 Å². The maximum Gasteiger partial charge on any atom is 0.536 e. The number of benzene rings is 2. The molecule has 0 saturated heterocycles. The summed E-state index contributed by atoms with van der Waals surface area (Å²) in [5, 5.41) is 0.234. The zero-order valence-corrected chi connectivity index (χ0v) is 17.9. The van der Waals surface area contributed by atoms with Gasteiger partial charge in [0.2, 0.25) is 0 Å². The molecule has 6 nitrogen and oxygen atoms in total. The van der Waals surface area contributed by atoms with E-state index in [1.807, 2.05) is 45.2 Å². The van der Waals surface area contributed by atoms with Crippen LogP contribution in [0.5, 0.6) is 0 Å². The predicted octanol–water partition coefficient (Wildman–Crippen LogP) is 3.00. The van der Waals surface area contributed by atoms with Gasteiger partial charge in [-0.1, -0.05) is 4.73 Å². The van der Waals surface area contributed by atoms with E-state index in [0.717, 1.165) is 0 Å². The van der Waals surface area contributed by atoms with Gasteiger partial charge in [0, 0.05) is 7.14 Å². The van der Waals surface area contributed by atoms with Crippen molar-refractivity contribution in [2.24, 2.45) is 0 Å². The fourth-order valence-corrected chi connectivity index (χ4v) is 3.77. The third-order valence-corrected chi connectivity index (χ3v) is 5.79. The summed E-state index contributed by atoms with van der Waals surface area (Å²) in [5.41, 5.74) is -8.43. The van der Waals surface area contributed by atoms with Crippen LogP contribution >= 0.6 is 45.2 Å². The molecule has 0 bridgehead atoms. The number of hydrogen-bond donors (Lipinski definition) is 0. The first-order valence-electron chi connectivity index (χ1n) is 6.91. The molecule has 0 unspecified atom stereocenters. The zero-order chi connectivity index (χ0) is 20.1. The fourth-order valence-electron chi connectivity index (χ4n) is 2.37. The lowest BCUT2D eigenvalue weighted by Gasteiger charge is -2.08. The van der Waals surface area contributed by atoms with Crippen LogP contribution in [0.2, 0.25) is 0 Å². The lowest BCUT2D eigenvalue weighted by Crippen LogP contribution is -2.43. The van der Waals surface area contributed by atoms with Crippen LogP contribution in [0.25, 0.3) is 21.5 Å². The van der Waals surface area contributed by atoms with Crippen molar-refractivity contribution in [2.45, 2.75) is 5.51 Å². The van der Waals surface area contributed by atoms with Gasteiger partial charge in [0.1, 0.15) is 0 Å². The van der Waals surface area contributed by atoms with Gasteiger partial charge in [-0.2, -0.15) is 21.6 Å². The minimum Gasteiger partial charge on any atom is -0.274 e. The van der Waals surface area contributed by atoms with Crippen LogP contribution in [-0.4, -0.2) is 18.7 Å². The molecule has 0 saturated carbocycles. The molecule has 12 heteroatoms. The van der Waals surface area contributed by atoms with Crippen molar-refractivity contribution in [1.82, 2.24) is 4.73 Å². The first-order chi connectivity index (χ1) is 12.4. The predicted molar refractivity (Wildman–Crippen MR) is 109 cm³/mol. The van der Waals surface area contributed by atoms with E-state index in [1.165, 1.54) is 24.3 Å². The molecular weight excluding hydrogens is 617 g/mol. The number of nitrogens with zero attached hydrogens (tertiary/aromatic N) is 1. The minimum atomic E-state index is -6.22. The second-order valence-corrected chi connectivity index (χ2v) is 9.27. The molecule has 0 N–H and O–H groups in total. The summed E-state index contributed by atoms with van der Waals surface area (Å²) in [6.45, 7) is 0. The highest BCUT2D eigenvalue weighted by molar-refractivity contribution is 14.1. The Morgan fingerprint density at radius 3 is 1.59 bits per heavy atom. The maximum absolute atomic E-state index is 12.7. The third kappa shape index (κ3) is 3.65. The van der Waals surface area contributed by atoms with E-state index in [2.05, 4.69) is 4.28 Å². The number of rotatable bonds is 2. The van der Waals surface area contributed by atoms with E-state index < -0.39 is 26.7 Å². The Balaban J connectivity index is 2.57. The van der Waals surface area contributed by atoms with E-state index in [4.69, 9.17) is 0 Å². The van der Waals surface area contributed by atoms with E-state index in [-0.39, 0.29) is 26.3 Å². The number of fused-ring (bicyclic) bond motifs is 3. The highest BCUT2D eigenvalue weighted by Crippen LogP contribution is 2.25. The van der Waals surface area contributed by atoms with E-state index in [0.29, 0.717) is 7.14 Å². The lowest BCUT2D eigenvalue weighted by atomic mass is 10.1. The van der Waals surface area contributed by atoms with Crippen molar-refractivity contribution >= 4 is 76.8 Å². The van der Waals surface area contributed by atoms with Crippen LogP contribution in [0, 0.1) is 7.14 Å². The first-order valence-corrected chi connectivity index (χ1v) is 10.5. The minimum absolute atomic E-state index is 0.165. The topological polar surface area (TPSA) is 82.4 Å². The molecule has 2 aromatic carbocycles. The van der Waals surface area contributed by atoms with Gasteiger partial charge >= 0.3 is 15.6 Å². The molecular formula is C15H6F3I2NO5S. The SMILES string of the molecule is O=c1c2ccc(I)cc2c2cc(I)ccc2c(=O)n1OS(=O)(=O)C(F)(F)F. The quantitative estimate of drug-likeness (QED) is 0.324. The summed E-state index contributed by atoms with van der Waals surface area (Å²) in [7, 11) is -6.22. The number of aromatic nitrogens is 1. The Kier molecular flexibility index (Phi) is 5.17. The highest BCUT2D eigenvalue weighted by Gasteiger charge is 2.49. The largest absolute Gasteiger partial charge is 0.536 e. The van der Waals surface area contributed by atoms with Gasteiger partial charge in [-0.15, -0.1) is 0 Å². The molecule has 0 atom stereocenters. The van der Waals surface area contributed by atoms with Crippen LogP contribution in [-0.2, 0) is 10.1 Å². The summed E-state index contributed by atoms with van der Waals surface area (Å²) in [5.74, 6) is 0. The first kappa shape index (κ1) is 20.3. The normalized spacial score (nSPS) is 12.5. The molecule has 1 heterocycles. The van der Waals surface area contributed by atoms with Crippen LogP contribution in [0.4, 0.5) is 13.2 Å². The molecule has 0 fully saturated rings. The Labute approximate surface area is 176 Å². The van der Waals surface area contributed by atoms with Crippen molar-refractivity contribution in [3.05, 3.63) is 64.2 Å². The Morgan fingerprint density at radius 2 is 1.22 bits per heavy atom. The molecule has 0 spiro atoms. The van der Waals surface area contributed by atoms with Gasteiger partial charge in [0.05, 0.1) is 10.8 Å². The van der Waals surface area contributed by atoms with Crippen molar-refractivity contribution in [2.75, 3.05) is 0 Å². The fraction of sp³-hybridized carbons (Fsp3) is 0.0667. The van der Waals surface area contributed by atoms with Crippen LogP contribution in [0.15, 0.2) is 46.0 Å². The zero-order valence-electron chi connectivity index (χ0n) is 12.8. The maximum atomic E-state index is 12.7. The monoisotopic (exact) mass is 623 g/mol. The van der Waals surface area contributed by atoms with Gasteiger partial charge in [0.15, 0.2) is 0 Å². The molecule has 3 aromatic rings.